The predicted molar refractivity (Wildman–Crippen MR) is 201 cm³/mol. The number of fused-ring (bicyclic) bond motifs is 3. The van der Waals surface area contributed by atoms with Gasteiger partial charge in [0.1, 0.15) is 0 Å². The van der Waals surface area contributed by atoms with Crippen LogP contribution in [0.5, 0.6) is 0 Å². The van der Waals surface area contributed by atoms with Gasteiger partial charge in [-0.1, -0.05) is 114 Å². The third-order valence-electron chi connectivity index (χ3n) is 9.68. The number of imidazole rings is 1. The van der Waals surface area contributed by atoms with Crippen LogP contribution < -0.4 is 21.0 Å². The molecule has 0 spiro atoms. The fraction of sp³-hybridized carbons (Fsp3) is 0.0652. The summed E-state index contributed by atoms with van der Waals surface area (Å²) in [4.78, 5) is 0. The van der Waals surface area contributed by atoms with Crippen molar-refractivity contribution in [2.24, 2.45) is 0 Å². The van der Waals surface area contributed by atoms with Crippen molar-refractivity contribution in [3.8, 4) is 11.4 Å². The van der Waals surface area contributed by atoms with Crippen LogP contribution in [0, 0.1) is 31.5 Å². The molecular weight excluding hydrogens is 786 g/mol. The Kier molecular flexibility index (Phi) is 9.53. The van der Waals surface area contributed by atoms with Gasteiger partial charge in [0.25, 0.3) is 6.33 Å². The van der Waals surface area contributed by atoms with Gasteiger partial charge in [0.2, 0.25) is 0 Å². The van der Waals surface area contributed by atoms with Gasteiger partial charge in [-0.3, -0.25) is 4.57 Å². The number of benzene rings is 7. The van der Waals surface area contributed by atoms with Crippen molar-refractivity contribution in [1.29, 1.82) is 0 Å². The number of aromatic nitrogens is 2. The minimum absolute atomic E-state index is 0. The van der Waals surface area contributed by atoms with E-state index in [-0.39, 0.29) is 33.2 Å². The first-order valence-corrected chi connectivity index (χ1v) is 16.7. The first-order valence-electron chi connectivity index (χ1n) is 16.7. The Balaban J connectivity index is 0.000000157. The SMILES string of the molecule is CC1(c2[c-]cccc2)c2[c-]cccc2B(c2ccccc2)c2ccccc21.Cc1ccc(-[n+]2[c-]n(-c3[c-]cccc3)c3ccccc32)cc1.[Pt+4]. The fourth-order valence-corrected chi connectivity index (χ4v) is 7.27. The molecule has 9 rings (SSSR count). The number of aryl methyl sites for hydroxylation is 1. The molecule has 0 aliphatic carbocycles. The topological polar surface area (TPSA) is 8.81 Å². The molecule has 0 bridgehead atoms. The second-order valence-electron chi connectivity index (χ2n) is 12.7. The van der Waals surface area contributed by atoms with Crippen LogP contribution in [0.15, 0.2) is 170 Å². The van der Waals surface area contributed by atoms with E-state index in [4.69, 9.17) is 0 Å². The van der Waals surface area contributed by atoms with Crippen LogP contribution in [0.3, 0.4) is 0 Å². The molecule has 1 aromatic heterocycles. The smallest absolute Gasteiger partial charge is 0.315 e. The van der Waals surface area contributed by atoms with Gasteiger partial charge in [0.15, 0.2) is 6.71 Å². The summed E-state index contributed by atoms with van der Waals surface area (Å²) in [6, 6.07) is 69.5. The van der Waals surface area contributed by atoms with Crippen molar-refractivity contribution in [2.75, 3.05) is 0 Å². The van der Waals surface area contributed by atoms with Crippen LogP contribution in [0.4, 0.5) is 0 Å². The normalized spacial score (nSPS) is 14.5. The molecular formula is C46H34BN2Pt+. The van der Waals surface area contributed by atoms with Crippen molar-refractivity contribution >= 4 is 34.1 Å². The Morgan fingerprint density at radius 2 is 1.26 bits per heavy atom. The number of rotatable bonds is 4. The molecule has 1 unspecified atom stereocenters. The minimum Gasteiger partial charge on any atom is -0.315 e. The van der Waals surface area contributed by atoms with E-state index in [1.807, 2.05) is 42.5 Å². The van der Waals surface area contributed by atoms with Gasteiger partial charge in [-0.15, -0.1) is 5.56 Å². The van der Waals surface area contributed by atoms with Gasteiger partial charge in [-0.25, -0.2) is 0 Å². The molecule has 2 nitrogen and oxygen atoms in total. The number of hydrogen-bond donors (Lipinski definition) is 0. The van der Waals surface area contributed by atoms with Crippen LogP contribution in [-0.2, 0) is 26.5 Å². The van der Waals surface area contributed by atoms with E-state index < -0.39 is 0 Å². The van der Waals surface area contributed by atoms with E-state index in [9.17, 15) is 0 Å². The summed E-state index contributed by atoms with van der Waals surface area (Å²) in [5.74, 6) is 0. The maximum Gasteiger partial charge on any atom is 4.00 e. The molecule has 240 valence electrons. The molecule has 0 saturated carbocycles. The average Bonchev–Trinajstić information content (AvgIpc) is 3.56. The molecule has 0 radical (unpaired) electrons. The van der Waals surface area contributed by atoms with Gasteiger partial charge < -0.3 is 4.57 Å². The Hall–Kier alpha value is -5.24. The molecule has 0 N–H and O–H groups in total. The summed E-state index contributed by atoms with van der Waals surface area (Å²) in [6.45, 7) is 4.64. The van der Waals surface area contributed by atoms with Crippen LogP contribution in [-0.4, -0.2) is 11.3 Å². The number of nitrogens with zero attached hydrogens (tertiary/aromatic N) is 2. The minimum atomic E-state index is -0.264. The quantitative estimate of drug-likeness (QED) is 0.100. The zero-order valence-electron chi connectivity index (χ0n) is 28.0. The molecule has 1 aliphatic rings. The van der Waals surface area contributed by atoms with E-state index >= 15 is 0 Å². The van der Waals surface area contributed by atoms with Crippen molar-refractivity contribution in [3.05, 3.63) is 217 Å². The van der Waals surface area contributed by atoms with Gasteiger partial charge in [-0.2, -0.15) is 96.0 Å². The zero-order chi connectivity index (χ0) is 33.2. The predicted octanol–water partition coefficient (Wildman–Crippen LogP) is 7.28. The Morgan fingerprint density at radius 3 is 2.02 bits per heavy atom. The molecule has 0 fully saturated rings. The van der Waals surface area contributed by atoms with Gasteiger partial charge in [0, 0.05) is 0 Å². The molecule has 8 aromatic rings. The van der Waals surface area contributed by atoms with Crippen LogP contribution >= 0.6 is 0 Å². The number of para-hydroxylation sites is 3. The summed E-state index contributed by atoms with van der Waals surface area (Å²) < 4.78 is 4.14. The first-order chi connectivity index (χ1) is 24.1. The summed E-state index contributed by atoms with van der Waals surface area (Å²) in [6.07, 6.45) is 3.44. The maximum atomic E-state index is 3.60. The fourth-order valence-electron chi connectivity index (χ4n) is 7.27. The van der Waals surface area contributed by atoms with E-state index in [1.165, 1.54) is 38.6 Å². The zero-order valence-corrected chi connectivity index (χ0v) is 30.2. The molecule has 2 heterocycles. The maximum absolute atomic E-state index is 3.60. The molecule has 1 aliphatic heterocycles. The molecule has 4 heteroatoms. The van der Waals surface area contributed by atoms with E-state index in [0.717, 1.165) is 22.4 Å². The summed E-state index contributed by atoms with van der Waals surface area (Å²) in [5.41, 5.74) is 13.1. The van der Waals surface area contributed by atoms with Crippen molar-refractivity contribution < 1.29 is 25.6 Å². The largest absolute Gasteiger partial charge is 4.00 e. The summed E-state index contributed by atoms with van der Waals surface area (Å²) in [7, 11) is 0. The van der Waals surface area contributed by atoms with Crippen LogP contribution in [0.25, 0.3) is 22.4 Å². The molecule has 1 atom stereocenters. The van der Waals surface area contributed by atoms with E-state index in [1.54, 1.807) is 0 Å². The van der Waals surface area contributed by atoms with E-state index in [0.29, 0.717) is 0 Å². The average molecular weight is 821 g/mol. The standard InChI is InChI=1S/C26H19B.C20H15N2.Pt/c1-26(20-12-4-2-5-13-20)22-16-8-10-18-24(22)27(21-14-6-3-7-15-21)25-19-11-9-17-23(25)26;1-16-11-13-18(14-12-16)22-15-21(17-7-3-2-4-8-17)19-9-5-6-10-20(19)22;/h2-12,14-16,18-19H,1H3;2-7,9-14H,1H3;/q-2;-1;+4. The van der Waals surface area contributed by atoms with E-state index in [2.05, 4.69) is 175 Å². The van der Waals surface area contributed by atoms with Gasteiger partial charge in [0.05, 0.1) is 16.7 Å². The second kappa shape index (κ2) is 14.3. The third kappa shape index (κ3) is 5.97. The molecule has 50 heavy (non-hydrogen) atoms. The Morgan fingerprint density at radius 1 is 0.600 bits per heavy atom. The summed E-state index contributed by atoms with van der Waals surface area (Å²) >= 11 is 0. The third-order valence-corrected chi connectivity index (χ3v) is 9.68. The van der Waals surface area contributed by atoms with Gasteiger partial charge >= 0.3 is 21.1 Å². The number of hydrogen-bond acceptors (Lipinski definition) is 0. The molecule has 7 aromatic carbocycles. The molecule has 0 amide bonds. The second-order valence-corrected chi connectivity index (χ2v) is 12.7. The van der Waals surface area contributed by atoms with Crippen molar-refractivity contribution in [2.45, 2.75) is 19.3 Å². The van der Waals surface area contributed by atoms with Crippen LogP contribution in [0.2, 0.25) is 0 Å². The monoisotopic (exact) mass is 820 g/mol. The summed E-state index contributed by atoms with van der Waals surface area (Å²) in [5, 5.41) is 0. The van der Waals surface area contributed by atoms with Gasteiger partial charge in [-0.05, 0) is 35.7 Å². The first kappa shape index (κ1) is 33.3. The Bertz CT molecular complexity index is 2300. The Labute approximate surface area is 310 Å². The van der Waals surface area contributed by atoms with Crippen LogP contribution in [0.1, 0.15) is 29.2 Å². The van der Waals surface area contributed by atoms with Crippen molar-refractivity contribution in [1.82, 2.24) is 4.57 Å². The molecule has 0 saturated heterocycles. The van der Waals surface area contributed by atoms with Crippen molar-refractivity contribution in [3.63, 3.8) is 0 Å².